The zero-order chi connectivity index (χ0) is 19.3. The van der Waals surface area contributed by atoms with E-state index < -0.39 is 0 Å². The molecule has 5 rings (SSSR count). The molecule has 3 aliphatic rings. The Hall–Kier alpha value is -2.75. The van der Waals surface area contributed by atoms with Crippen LogP contribution in [0.4, 0.5) is 4.79 Å². The van der Waals surface area contributed by atoms with Gasteiger partial charge in [0.1, 0.15) is 12.4 Å². The van der Waals surface area contributed by atoms with E-state index in [0.717, 1.165) is 37.1 Å². The van der Waals surface area contributed by atoms with Crippen LogP contribution in [0.15, 0.2) is 72.0 Å². The van der Waals surface area contributed by atoms with Crippen LogP contribution in [0, 0.1) is 5.92 Å². The summed E-state index contributed by atoms with van der Waals surface area (Å²) in [5.41, 5.74) is 3.77. The molecule has 4 heteroatoms. The average Bonchev–Trinajstić information content (AvgIpc) is 2.75. The predicted octanol–water partition coefficient (Wildman–Crippen LogP) is 4.95. The van der Waals surface area contributed by atoms with Crippen molar-refractivity contribution in [2.45, 2.75) is 38.8 Å². The van der Waals surface area contributed by atoms with Gasteiger partial charge in [0, 0.05) is 12.5 Å². The van der Waals surface area contributed by atoms with Crippen LogP contribution in [0.3, 0.4) is 0 Å². The van der Waals surface area contributed by atoms with Gasteiger partial charge in [0.05, 0.1) is 12.6 Å². The maximum atomic E-state index is 12.5. The lowest BCUT2D eigenvalue weighted by atomic mass is 9.76. The summed E-state index contributed by atoms with van der Waals surface area (Å²) in [7, 11) is 0. The first-order valence-electron chi connectivity index (χ1n) is 10.1. The molecule has 1 amide bonds. The molecule has 2 unspecified atom stereocenters. The van der Waals surface area contributed by atoms with Gasteiger partial charge in [0.15, 0.2) is 0 Å². The molecule has 2 heterocycles. The first kappa shape index (κ1) is 18.6. The molecule has 0 saturated carbocycles. The van der Waals surface area contributed by atoms with E-state index in [0.29, 0.717) is 19.1 Å². The van der Waals surface area contributed by atoms with Gasteiger partial charge in [0.2, 0.25) is 0 Å². The van der Waals surface area contributed by atoms with Gasteiger partial charge in [-0.05, 0) is 42.9 Å². The fourth-order valence-electron chi connectivity index (χ4n) is 4.32. The number of hydrogen-bond donors (Lipinski definition) is 0. The summed E-state index contributed by atoms with van der Waals surface area (Å²) >= 11 is 0. The van der Waals surface area contributed by atoms with Gasteiger partial charge in [-0.3, -0.25) is 4.90 Å². The Morgan fingerprint density at radius 3 is 2.36 bits per heavy atom. The third-order valence-corrected chi connectivity index (χ3v) is 5.67. The zero-order valence-corrected chi connectivity index (χ0v) is 16.3. The number of hydrogen-bond acceptors (Lipinski definition) is 3. The Kier molecular flexibility index (Phi) is 5.65. The summed E-state index contributed by atoms with van der Waals surface area (Å²) in [6.07, 6.45) is 2.69. The Morgan fingerprint density at radius 2 is 1.68 bits per heavy atom. The molecule has 0 spiro atoms. The van der Waals surface area contributed by atoms with Crippen LogP contribution in [0.2, 0.25) is 0 Å². The summed E-state index contributed by atoms with van der Waals surface area (Å²) < 4.78 is 11.7. The SMILES string of the molecule is CCOC(=O)N1CC2CCC1C(OCc1ccccc1)=C2Cc1ccccc1. The van der Waals surface area contributed by atoms with Crippen LogP contribution in [-0.4, -0.2) is 30.2 Å². The highest BCUT2D eigenvalue weighted by atomic mass is 16.6. The number of fused-ring (bicyclic) bond motifs is 2. The van der Waals surface area contributed by atoms with Crippen molar-refractivity contribution in [2.75, 3.05) is 13.2 Å². The molecule has 2 aliphatic heterocycles. The summed E-state index contributed by atoms with van der Waals surface area (Å²) in [6, 6.07) is 20.7. The standard InChI is InChI=1S/C24H27NO3/c1-2-27-24(26)25-16-20-13-14-22(25)23(28-17-19-11-7-4-8-12-19)21(20)15-18-9-5-3-6-10-18/h3-12,20,22H,2,13-17H2,1H3. The van der Waals surface area contributed by atoms with E-state index in [9.17, 15) is 4.79 Å². The molecule has 0 N–H and O–H groups in total. The fourth-order valence-corrected chi connectivity index (χ4v) is 4.32. The molecule has 1 saturated heterocycles. The quantitative estimate of drug-likeness (QED) is 0.715. The van der Waals surface area contributed by atoms with Crippen molar-refractivity contribution >= 4 is 6.09 Å². The topological polar surface area (TPSA) is 38.8 Å². The summed E-state index contributed by atoms with van der Waals surface area (Å²) in [5, 5.41) is 0. The van der Waals surface area contributed by atoms with Gasteiger partial charge >= 0.3 is 6.09 Å². The van der Waals surface area contributed by atoms with Crippen molar-refractivity contribution in [1.29, 1.82) is 0 Å². The fraction of sp³-hybridized carbons (Fsp3) is 0.375. The van der Waals surface area contributed by atoms with E-state index in [4.69, 9.17) is 9.47 Å². The number of benzene rings is 2. The normalized spacial score (nSPS) is 21.0. The van der Waals surface area contributed by atoms with E-state index in [2.05, 4.69) is 36.4 Å². The molecule has 2 atom stereocenters. The monoisotopic (exact) mass is 377 g/mol. The maximum absolute atomic E-state index is 12.5. The van der Waals surface area contributed by atoms with E-state index in [-0.39, 0.29) is 12.1 Å². The smallest absolute Gasteiger partial charge is 0.410 e. The Balaban J connectivity index is 1.62. The van der Waals surface area contributed by atoms with Gasteiger partial charge in [-0.25, -0.2) is 4.79 Å². The molecule has 0 aromatic heterocycles. The van der Waals surface area contributed by atoms with Crippen LogP contribution in [-0.2, 0) is 22.5 Å². The van der Waals surface area contributed by atoms with E-state index in [1.807, 2.05) is 36.1 Å². The van der Waals surface area contributed by atoms with Crippen molar-refractivity contribution in [3.8, 4) is 0 Å². The highest BCUT2D eigenvalue weighted by Gasteiger charge is 2.43. The molecule has 1 aliphatic carbocycles. The highest BCUT2D eigenvalue weighted by Crippen LogP contribution is 2.42. The summed E-state index contributed by atoms with van der Waals surface area (Å²) in [4.78, 5) is 14.4. The Bertz CT molecular complexity index is 831. The molecule has 146 valence electrons. The van der Waals surface area contributed by atoms with Gasteiger partial charge in [-0.15, -0.1) is 0 Å². The van der Waals surface area contributed by atoms with Crippen LogP contribution in [0.25, 0.3) is 0 Å². The second-order valence-electron chi connectivity index (χ2n) is 7.47. The third kappa shape index (κ3) is 3.91. The van der Waals surface area contributed by atoms with Crippen molar-refractivity contribution in [1.82, 2.24) is 4.90 Å². The molecular formula is C24H27NO3. The number of ether oxygens (including phenoxy) is 2. The molecule has 2 aromatic rings. The molecule has 2 aromatic carbocycles. The lowest BCUT2D eigenvalue weighted by Gasteiger charge is -2.46. The average molecular weight is 377 g/mol. The van der Waals surface area contributed by atoms with Crippen LogP contribution < -0.4 is 0 Å². The van der Waals surface area contributed by atoms with Crippen LogP contribution >= 0.6 is 0 Å². The first-order valence-corrected chi connectivity index (χ1v) is 10.1. The zero-order valence-electron chi connectivity index (χ0n) is 16.3. The minimum Gasteiger partial charge on any atom is -0.491 e. The van der Waals surface area contributed by atoms with Gasteiger partial charge in [-0.1, -0.05) is 60.7 Å². The van der Waals surface area contributed by atoms with E-state index in [1.54, 1.807) is 0 Å². The van der Waals surface area contributed by atoms with Crippen molar-refractivity contribution < 1.29 is 14.3 Å². The largest absolute Gasteiger partial charge is 0.491 e. The molecule has 28 heavy (non-hydrogen) atoms. The van der Waals surface area contributed by atoms with Crippen molar-refractivity contribution in [3.63, 3.8) is 0 Å². The second kappa shape index (κ2) is 8.51. The number of carbonyl (C=O) groups excluding carboxylic acids is 1. The minimum absolute atomic E-state index is 0.0218. The van der Waals surface area contributed by atoms with E-state index >= 15 is 0 Å². The third-order valence-electron chi connectivity index (χ3n) is 5.67. The highest BCUT2D eigenvalue weighted by molar-refractivity contribution is 5.69. The molecule has 1 fully saturated rings. The Morgan fingerprint density at radius 1 is 1.00 bits per heavy atom. The van der Waals surface area contributed by atoms with Crippen molar-refractivity contribution in [3.05, 3.63) is 83.1 Å². The van der Waals surface area contributed by atoms with Gasteiger partial charge < -0.3 is 9.47 Å². The number of carbonyl (C=O) groups is 1. The lowest BCUT2D eigenvalue weighted by molar-refractivity contribution is 0.0323. The van der Waals surface area contributed by atoms with Crippen LogP contribution in [0.1, 0.15) is 30.9 Å². The van der Waals surface area contributed by atoms with Crippen LogP contribution in [0.5, 0.6) is 0 Å². The summed E-state index contributed by atoms with van der Waals surface area (Å²) in [6.45, 7) is 3.50. The number of nitrogens with zero attached hydrogens (tertiary/aromatic N) is 1. The minimum atomic E-state index is -0.225. The number of rotatable bonds is 6. The molecule has 2 bridgehead atoms. The number of piperidine rings is 1. The Labute approximate surface area is 166 Å². The maximum Gasteiger partial charge on any atom is 0.410 e. The van der Waals surface area contributed by atoms with Gasteiger partial charge in [-0.2, -0.15) is 0 Å². The molecule has 4 nitrogen and oxygen atoms in total. The number of amides is 1. The van der Waals surface area contributed by atoms with E-state index in [1.165, 1.54) is 11.1 Å². The lowest BCUT2D eigenvalue weighted by Crippen LogP contribution is -2.53. The summed E-state index contributed by atoms with van der Waals surface area (Å²) in [5.74, 6) is 1.31. The predicted molar refractivity (Wildman–Crippen MR) is 109 cm³/mol. The first-order chi connectivity index (χ1) is 13.8. The molecule has 0 radical (unpaired) electrons. The van der Waals surface area contributed by atoms with Gasteiger partial charge in [0.25, 0.3) is 0 Å². The van der Waals surface area contributed by atoms with Crippen molar-refractivity contribution in [2.24, 2.45) is 5.92 Å². The second-order valence-corrected chi connectivity index (χ2v) is 7.47. The molecular weight excluding hydrogens is 350 g/mol.